The van der Waals surface area contributed by atoms with Crippen molar-refractivity contribution in [2.45, 2.75) is 18.8 Å². The van der Waals surface area contributed by atoms with E-state index in [9.17, 15) is 14.4 Å². The third-order valence-electron chi connectivity index (χ3n) is 3.41. The van der Waals surface area contributed by atoms with Gasteiger partial charge >= 0.3 is 5.97 Å². The summed E-state index contributed by atoms with van der Waals surface area (Å²) >= 11 is 0. The normalized spacial score (nSPS) is 19.1. The van der Waals surface area contributed by atoms with Gasteiger partial charge in [-0.25, -0.2) is 9.78 Å². The van der Waals surface area contributed by atoms with Crippen LogP contribution in [0.25, 0.3) is 5.65 Å². The Balaban J connectivity index is 2.11. The van der Waals surface area contributed by atoms with Crippen molar-refractivity contribution in [1.82, 2.24) is 14.7 Å². The number of carboxylic acid groups (broad SMARTS) is 1. The van der Waals surface area contributed by atoms with Crippen molar-refractivity contribution in [3.05, 3.63) is 35.8 Å². The van der Waals surface area contributed by atoms with Crippen LogP contribution in [0, 0.1) is 0 Å². The van der Waals surface area contributed by atoms with Gasteiger partial charge in [-0.1, -0.05) is 6.07 Å². The van der Waals surface area contributed by atoms with Crippen LogP contribution in [0.5, 0.6) is 0 Å². The maximum atomic E-state index is 11.9. The summed E-state index contributed by atoms with van der Waals surface area (Å²) in [6.45, 7) is 0. The first-order valence-electron chi connectivity index (χ1n) is 6.11. The lowest BCUT2D eigenvalue weighted by Crippen LogP contribution is -2.39. The zero-order valence-electron chi connectivity index (χ0n) is 10.4. The summed E-state index contributed by atoms with van der Waals surface area (Å²) in [5, 5.41) is 11.4. The van der Waals surface area contributed by atoms with Gasteiger partial charge in [-0.15, -0.1) is 0 Å². The quantitative estimate of drug-likeness (QED) is 0.778. The SMILES string of the molecule is O=C1CCC(c2ccc(C(=O)O)n3ccnc23)C(=O)N1. The third-order valence-corrected chi connectivity index (χ3v) is 3.41. The first-order chi connectivity index (χ1) is 9.58. The summed E-state index contributed by atoms with van der Waals surface area (Å²) in [4.78, 5) is 38.3. The number of imide groups is 1. The second-order valence-electron chi connectivity index (χ2n) is 4.60. The molecule has 1 saturated heterocycles. The number of piperidine rings is 1. The van der Waals surface area contributed by atoms with E-state index in [2.05, 4.69) is 10.3 Å². The topological polar surface area (TPSA) is 101 Å². The van der Waals surface area contributed by atoms with Crippen LogP contribution in [0.4, 0.5) is 0 Å². The minimum absolute atomic E-state index is 0.0774. The highest BCUT2D eigenvalue weighted by Crippen LogP contribution is 2.28. The minimum atomic E-state index is -1.07. The van der Waals surface area contributed by atoms with Crippen molar-refractivity contribution >= 4 is 23.4 Å². The molecule has 0 spiro atoms. The standard InChI is InChI=1S/C13H11N3O4/c17-10-4-2-8(12(18)15-10)7-1-3-9(13(19)20)16-6-5-14-11(7)16/h1,3,5-6,8H,2,4H2,(H,19,20)(H,15,17,18). The maximum Gasteiger partial charge on any atom is 0.352 e. The number of aromatic carboxylic acids is 1. The molecule has 2 aromatic rings. The summed E-state index contributed by atoms with van der Waals surface area (Å²) < 4.78 is 1.43. The van der Waals surface area contributed by atoms with Crippen LogP contribution in [0.2, 0.25) is 0 Å². The van der Waals surface area contributed by atoms with Crippen LogP contribution in [-0.2, 0) is 9.59 Å². The molecular formula is C13H11N3O4. The van der Waals surface area contributed by atoms with E-state index < -0.39 is 11.9 Å². The van der Waals surface area contributed by atoms with E-state index in [1.54, 1.807) is 6.07 Å². The van der Waals surface area contributed by atoms with Crippen molar-refractivity contribution in [3.63, 3.8) is 0 Å². The number of amides is 2. The molecular weight excluding hydrogens is 262 g/mol. The van der Waals surface area contributed by atoms with Gasteiger partial charge in [-0.3, -0.25) is 19.3 Å². The number of aromatic nitrogens is 2. The number of carbonyl (C=O) groups is 3. The lowest BCUT2D eigenvalue weighted by molar-refractivity contribution is -0.134. The van der Waals surface area contributed by atoms with E-state index >= 15 is 0 Å². The Kier molecular flexibility index (Phi) is 2.74. The molecule has 2 amide bonds. The molecule has 1 aliphatic rings. The second kappa shape index (κ2) is 4.44. The van der Waals surface area contributed by atoms with Gasteiger partial charge in [0.1, 0.15) is 11.3 Å². The number of nitrogens with zero attached hydrogens (tertiary/aromatic N) is 2. The third kappa shape index (κ3) is 1.83. The second-order valence-corrected chi connectivity index (χ2v) is 4.60. The summed E-state index contributed by atoms with van der Waals surface area (Å²) in [6, 6.07) is 3.03. The molecule has 2 N–H and O–H groups in total. The number of nitrogens with one attached hydrogen (secondary N) is 1. The molecule has 0 aliphatic carbocycles. The average Bonchev–Trinajstić information content (AvgIpc) is 2.87. The average molecular weight is 273 g/mol. The molecule has 1 fully saturated rings. The van der Waals surface area contributed by atoms with Gasteiger partial charge in [0, 0.05) is 24.4 Å². The van der Waals surface area contributed by atoms with Gasteiger partial charge in [-0.2, -0.15) is 0 Å². The number of imidazole rings is 1. The number of carbonyl (C=O) groups excluding carboxylic acids is 2. The van der Waals surface area contributed by atoms with E-state index in [0.717, 1.165) is 0 Å². The number of carboxylic acids is 1. The molecule has 1 atom stereocenters. The molecule has 1 aliphatic heterocycles. The van der Waals surface area contributed by atoms with Gasteiger partial charge in [0.15, 0.2) is 0 Å². The Hall–Kier alpha value is -2.70. The van der Waals surface area contributed by atoms with Crippen molar-refractivity contribution < 1.29 is 19.5 Å². The van der Waals surface area contributed by atoms with Crippen LogP contribution in [-0.4, -0.2) is 32.3 Å². The van der Waals surface area contributed by atoms with Gasteiger partial charge in [0.25, 0.3) is 0 Å². The van der Waals surface area contributed by atoms with Gasteiger partial charge in [0.05, 0.1) is 5.92 Å². The van der Waals surface area contributed by atoms with E-state index in [-0.39, 0.29) is 23.9 Å². The highest BCUT2D eigenvalue weighted by Gasteiger charge is 2.30. The van der Waals surface area contributed by atoms with Crippen molar-refractivity contribution in [3.8, 4) is 0 Å². The molecule has 0 aromatic carbocycles. The summed E-state index contributed by atoms with van der Waals surface area (Å²) in [5.41, 5.74) is 1.14. The Bertz CT molecular complexity index is 734. The number of pyridine rings is 1. The molecule has 20 heavy (non-hydrogen) atoms. The maximum absolute atomic E-state index is 11.9. The minimum Gasteiger partial charge on any atom is -0.477 e. The number of hydrogen-bond donors (Lipinski definition) is 2. The van der Waals surface area contributed by atoms with Crippen LogP contribution >= 0.6 is 0 Å². The van der Waals surface area contributed by atoms with Crippen LogP contribution in [0.3, 0.4) is 0 Å². The van der Waals surface area contributed by atoms with Crippen LogP contribution < -0.4 is 5.32 Å². The predicted molar refractivity (Wildman–Crippen MR) is 67.3 cm³/mol. The lowest BCUT2D eigenvalue weighted by atomic mass is 9.91. The summed E-state index contributed by atoms with van der Waals surface area (Å²) in [6.07, 6.45) is 3.69. The number of hydrogen-bond acceptors (Lipinski definition) is 4. The van der Waals surface area contributed by atoms with E-state index in [1.807, 2.05) is 0 Å². The molecule has 1 unspecified atom stereocenters. The highest BCUT2D eigenvalue weighted by molar-refractivity contribution is 6.01. The fourth-order valence-electron chi connectivity index (χ4n) is 2.47. The zero-order chi connectivity index (χ0) is 14.3. The van der Waals surface area contributed by atoms with E-state index in [1.165, 1.54) is 22.9 Å². The monoisotopic (exact) mass is 273 g/mol. The zero-order valence-corrected chi connectivity index (χ0v) is 10.4. The lowest BCUT2D eigenvalue weighted by Gasteiger charge is -2.21. The van der Waals surface area contributed by atoms with Crippen molar-refractivity contribution in [1.29, 1.82) is 0 Å². The number of rotatable bonds is 2. The van der Waals surface area contributed by atoms with Crippen molar-refractivity contribution in [2.24, 2.45) is 0 Å². The van der Waals surface area contributed by atoms with Crippen LogP contribution in [0.15, 0.2) is 24.5 Å². The molecule has 7 heteroatoms. The fourth-order valence-corrected chi connectivity index (χ4v) is 2.47. The molecule has 0 bridgehead atoms. The summed E-state index contributed by atoms with van der Waals surface area (Å²) in [7, 11) is 0. The molecule has 7 nitrogen and oxygen atoms in total. The largest absolute Gasteiger partial charge is 0.477 e. The Morgan fingerprint density at radius 1 is 1.40 bits per heavy atom. The van der Waals surface area contributed by atoms with E-state index in [0.29, 0.717) is 17.6 Å². The van der Waals surface area contributed by atoms with E-state index in [4.69, 9.17) is 5.11 Å². The Labute approximate surface area is 113 Å². The molecule has 2 aromatic heterocycles. The molecule has 3 heterocycles. The molecule has 102 valence electrons. The highest BCUT2D eigenvalue weighted by atomic mass is 16.4. The molecule has 0 saturated carbocycles. The molecule has 3 rings (SSSR count). The van der Waals surface area contributed by atoms with Gasteiger partial charge in [-0.05, 0) is 12.5 Å². The smallest absolute Gasteiger partial charge is 0.352 e. The fraction of sp³-hybridized carbons (Fsp3) is 0.231. The van der Waals surface area contributed by atoms with Gasteiger partial charge in [0.2, 0.25) is 11.8 Å². The van der Waals surface area contributed by atoms with Crippen LogP contribution in [0.1, 0.15) is 34.8 Å². The van der Waals surface area contributed by atoms with Crippen molar-refractivity contribution in [2.75, 3.05) is 0 Å². The first kappa shape index (κ1) is 12.3. The summed E-state index contributed by atoms with van der Waals surface area (Å²) in [5.74, 6) is -2.20. The Morgan fingerprint density at radius 3 is 2.90 bits per heavy atom. The van der Waals surface area contributed by atoms with Gasteiger partial charge < -0.3 is 5.11 Å². The number of fused-ring (bicyclic) bond motifs is 1. The molecule has 0 radical (unpaired) electrons. The predicted octanol–water partition coefficient (Wildman–Crippen LogP) is 0.553. The Morgan fingerprint density at radius 2 is 2.20 bits per heavy atom. The first-order valence-corrected chi connectivity index (χ1v) is 6.11.